The Hall–Kier alpha value is -0.990. The summed E-state index contributed by atoms with van der Waals surface area (Å²) in [6.45, 7) is 2.27. The van der Waals surface area contributed by atoms with Gasteiger partial charge in [-0.05, 0) is 18.9 Å². The number of unbranched alkanes of at least 4 members (excludes halogenated alkanes) is 17. The Morgan fingerprint density at radius 3 is 1.24 bits per heavy atom. The molecule has 0 aromatic carbocycles. The first kappa shape index (κ1) is 24.0. The minimum absolute atomic E-state index is 0.517. The zero-order valence-electron chi connectivity index (χ0n) is 16.6. The Labute approximate surface area is 155 Å². The lowest BCUT2D eigenvalue weighted by Crippen LogP contribution is -1.98. The van der Waals surface area contributed by atoms with E-state index in [4.69, 9.17) is 10.2 Å². The van der Waals surface area contributed by atoms with Crippen molar-refractivity contribution in [3.05, 3.63) is 11.8 Å². The quantitative estimate of drug-likeness (QED) is 0.143. The number of aliphatic hydroxyl groups excluding tert-OH is 1. The minimum Gasteiger partial charge on any atom is -0.502 e. The van der Waals surface area contributed by atoms with Crippen LogP contribution in [0, 0.1) is 0 Å². The highest BCUT2D eigenvalue weighted by atomic mass is 16.4. The molecule has 0 spiro atoms. The Balaban J connectivity index is 3.10. The van der Waals surface area contributed by atoms with Gasteiger partial charge in [0, 0.05) is 0 Å². The van der Waals surface area contributed by atoms with Gasteiger partial charge in [0.1, 0.15) is 0 Å². The van der Waals surface area contributed by atoms with Crippen LogP contribution in [0.4, 0.5) is 0 Å². The largest absolute Gasteiger partial charge is 0.502 e. The highest BCUT2D eigenvalue weighted by molar-refractivity contribution is 5.83. The molecule has 3 heteroatoms. The summed E-state index contributed by atoms with van der Waals surface area (Å²) in [4.78, 5) is 10.4. The molecular formula is C22H42O3. The molecule has 0 aliphatic heterocycles. The summed E-state index contributed by atoms with van der Waals surface area (Å²) in [6, 6.07) is 0. The SMILES string of the molecule is CCCCCCCCCCCCCCCCCCC/C=C(\O)C(=O)O. The Morgan fingerprint density at radius 1 is 0.600 bits per heavy atom. The summed E-state index contributed by atoms with van der Waals surface area (Å²) in [5.41, 5.74) is 0. The summed E-state index contributed by atoms with van der Waals surface area (Å²) in [5.74, 6) is -1.75. The molecule has 0 heterocycles. The predicted octanol–water partition coefficient (Wildman–Crippen LogP) is 7.55. The highest BCUT2D eigenvalue weighted by Crippen LogP contribution is 2.14. The van der Waals surface area contributed by atoms with Crippen molar-refractivity contribution in [3.63, 3.8) is 0 Å². The summed E-state index contributed by atoms with van der Waals surface area (Å²) in [7, 11) is 0. The smallest absolute Gasteiger partial charge is 0.370 e. The first-order valence-corrected chi connectivity index (χ1v) is 10.8. The fourth-order valence-electron chi connectivity index (χ4n) is 3.20. The van der Waals surface area contributed by atoms with Crippen molar-refractivity contribution >= 4 is 5.97 Å². The third-order valence-electron chi connectivity index (χ3n) is 4.86. The van der Waals surface area contributed by atoms with Crippen molar-refractivity contribution in [1.29, 1.82) is 0 Å². The van der Waals surface area contributed by atoms with E-state index in [9.17, 15) is 4.79 Å². The topological polar surface area (TPSA) is 57.5 Å². The molecule has 3 nitrogen and oxygen atoms in total. The molecule has 0 bridgehead atoms. The monoisotopic (exact) mass is 354 g/mol. The van der Waals surface area contributed by atoms with Gasteiger partial charge in [0.05, 0.1) is 0 Å². The van der Waals surface area contributed by atoms with Crippen LogP contribution in [0.1, 0.15) is 122 Å². The van der Waals surface area contributed by atoms with E-state index in [1.54, 1.807) is 0 Å². The molecule has 0 unspecified atom stereocenters. The van der Waals surface area contributed by atoms with Crippen LogP contribution in [0.3, 0.4) is 0 Å². The van der Waals surface area contributed by atoms with Crippen LogP contribution in [-0.2, 0) is 4.79 Å². The second-order valence-corrected chi connectivity index (χ2v) is 7.34. The van der Waals surface area contributed by atoms with Gasteiger partial charge in [-0.3, -0.25) is 0 Å². The number of carboxylic acids is 1. The maximum Gasteiger partial charge on any atom is 0.370 e. The zero-order valence-corrected chi connectivity index (χ0v) is 16.6. The second-order valence-electron chi connectivity index (χ2n) is 7.34. The molecule has 0 rings (SSSR count). The normalized spacial score (nSPS) is 11.8. The van der Waals surface area contributed by atoms with Crippen molar-refractivity contribution in [2.75, 3.05) is 0 Å². The van der Waals surface area contributed by atoms with Crippen molar-refractivity contribution in [2.45, 2.75) is 122 Å². The first-order chi connectivity index (χ1) is 12.2. The molecule has 0 fully saturated rings. The van der Waals surface area contributed by atoms with Gasteiger partial charge in [0.15, 0.2) is 5.76 Å². The van der Waals surface area contributed by atoms with Gasteiger partial charge in [-0.25, -0.2) is 4.79 Å². The van der Waals surface area contributed by atoms with Crippen molar-refractivity contribution in [1.82, 2.24) is 0 Å². The van der Waals surface area contributed by atoms with E-state index in [-0.39, 0.29) is 0 Å². The van der Waals surface area contributed by atoms with Crippen molar-refractivity contribution in [3.8, 4) is 0 Å². The van der Waals surface area contributed by atoms with Gasteiger partial charge < -0.3 is 10.2 Å². The molecule has 0 aromatic heterocycles. The molecule has 148 valence electrons. The molecule has 0 radical (unpaired) electrons. The molecule has 25 heavy (non-hydrogen) atoms. The van der Waals surface area contributed by atoms with Crippen LogP contribution >= 0.6 is 0 Å². The molecule has 2 N–H and O–H groups in total. The Kier molecular flexibility index (Phi) is 18.6. The van der Waals surface area contributed by atoms with Gasteiger partial charge in [-0.2, -0.15) is 0 Å². The van der Waals surface area contributed by atoms with Crippen LogP contribution in [0.25, 0.3) is 0 Å². The maximum absolute atomic E-state index is 10.4. The van der Waals surface area contributed by atoms with E-state index in [0.29, 0.717) is 6.42 Å². The molecule has 0 aliphatic carbocycles. The lowest BCUT2D eigenvalue weighted by atomic mass is 10.0. The third-order valence-corrected chi connectivity index (χ3v) is 4.86. The van der Waals surface area contributed by atoms with Crippen molar-refractivity contribution in [2.24, 2.45) is 0 Å². The number of rotatable bonds is 19. The van der Waals surface area contributed by atoms with E-state index < -0.39 is 11.7 Å². The molecule has 0 amide bonds. The minimum atomic E-state index is -1.23. The van der Waals surface area contributed by atoms with Crippen LogP contribution < -0.4 is 0 Å². The Morgan fingerprint density at radius 2 is 0.920 bits per heavy atom. The predicted molar refractivity (Wildman–Crippen MR) is 107 cm³/mol. The van der Waals surface area contributed by atoms with E-state index in [1.807, 2.05) is 0 Å². The fraction of sp³-hybridized carbons (Fsp3) is 0.864. The molecular weight excluding hydrogens is 312 g/mol. The van der Waals surface area contributed by atoms with Gasteiger partial charge >= 0.3 is 5.97 Å². The number of carbonyl (C=O) groups is 1. The van der Waals surface area contributed by atoms with E-state index >= 15 is 0 Å². The average molecular weight is 355 g/mol. The Bertz CT molecular complexity index is 323. The standard InChI is InChI=1S/C22H42O3/c1-2-3-4-5-6-7-8-9-10-11-12-13-14-15-16-17-18-19-20-21(23)22(24)25/h20,23H,2-19H2,1H3,(H,24,25)/b21-20-. The summed E-state index contributed by atoms with van der Waals surface area (Å²) in [5, 5.41) is 17.5. The summed E-state index contributed by atoms with van der Waals surface area (Å²) >= 11 is 0. The highest BCUT2D eigenvalue weighted by Gasteiger charge is 2.01. The first-order valence-electron chi connectivity index (χ1n) is 10.8. The second kappa shape index (κ2) is 19.3. The van der Waals surface area contributed by atoms with Gasteiger partial charge in [0.2, 0.25) is 0 Å². The average Bonchev–Trinajstić information content (AvgIpc) is 2.60. The fourth-order valence-corrected chi connectivity index (χ4v) is 3.20. The van der Waals surface area contributed by atoms with Crippen LogP contribution in [0.15, 0.2) is 11.8 Å². The summed E-state index contributed by atoms with van der Waals surface area (Å²) < 4.78 is 0. The number of aliphatic hydroxyl groups is 1. The number of hydrogen-bond acceptors (Lipinski definition) is 2. The third kappa shape index (κ3) is 19.2. The number of carboxylic acid groups (broad SMARTS) is 1. The van der Waals surface area contributed by atoms with Gasteiger partial charge in [0.25, 0.3) is 0 Å². The maximum atomic E-state index is 10.4. The molecule has 0 saturated heterocycles. The van der Waals surface area contributed by atoms with Crippen molar-refractivity contribution < 1.29 is 15.0 Å². The molecule has 0 atom stereocenters. The van der Waals surface area contributed by atoms with E-state index in [1.165, 1.54) is 102 Å². The van der Waals surface area contributed by atoms with E-state index in [0.717, 1.165) is 12.8 Å². The number of hydrogen-bond donors (Lipinski definition) is 2. The summed E-state index contributed by atoms with van der Waals surface area (Å²) in [6.07, 6.45) is 24.9. The lowest BCUT2D eigenvalue weighted by Gasteiger charge is -2.03. The molecule has 0 saturated carbocycles. The molecule has 0 aliphatic rings. The number of allylic oxidation sites excluding steroid dienone is 1. The van der Waals surface area contributed by atoms with Crippen LogP contribution in [-0.4, -0.2) is 16.2 Å². The number of aliphatic carboxylic acids is 1. The van der Waals surface area contributed by atoms with Crippen LogP contribution in [0.5, 0.6) is 0 Å². The lowest BCUT2D eigenvalue weighted by molar-refractivity contribution is -0.135. The van der Waals surface area contributed by atoms with Gasteiger partial charge in [-0.1, -0.05) is 110 Å². The molecule has 0 aromatic rings. The van der Waals surface area contributed by atoms with Gasteiger partial charge in [-0.15, -0.1) is 0 Å². The van der Waals surface area contributed by atoms with E-state index in [2.05, 4.69) is 6.92 Å². The zero-order chi connectivity index (χ0) is 18.6. The van der Waals surface area contributed by atoms with Crippen LogP contribution in [0.2, 0.25) is 0 Å².